The first-order chi connectivity index (χ1) is 22.2. The third-order valence-corrected chi connectivity index (χ3v) is 10.8. The second-order valence-electron chi connectivity index (χ2n) is 10.4. The average molecular weight is 724 g/mol. The number of methoxy groups -OCH3 is 1. The highest BCUT2D eigenvalue weighted by atomic mass is 35.5. The number of hydrogen-bond acceptors (Lipinski definition) is 14. The number of nitrogens with zero attached hydrogens (tertiary/aromatic N) is 5. The van der Waals surface area contributed by atoms with Crippen molar-refractivity contribution in [2.45, 2.75) is 57.8 Å². The van der Waals surface area contributed by atoms with Gasteiger partial charge in [0.25, 0.3) is 0 Å². The summed E-state index contributed by atoms with van der Waals surface area (Å²) in [5.74, 6) is -0.884. The molecule has 4 unspecified atom stereocenters. The van der Waals surface area contributed by atoms with Crippen molar-refractivity contribution in [1.29, 1.82) is 0 Å². The predicted molar refractivity (Wildman–Crippen MR) is 167 cm³/mol. The van der Waals surface area contributed by atoms with Gasteiger partial charge in [-0.05, 0) is 49.7 Å². The normalized spacial score (nSPS) is 23.0. The van der Waals surface area contributed by atoms with Crippen molar-refractivity contribution in [3.05, 3.63) is 41.4 Å². The number of imidazole rings is 1. The Morgan fingerprint density at radius 1 is 1.28 bits per heavy atom. The van der Waals surface area contributed by atoms with E-state index in [4.69, 9.17) is 35.4 Å². The molecule has 0 radical (unpaired) electrons. The number of benzene rings is 1. The van der Waals surface area contributed by atoms with E-state index >= 15 is 4.39 Å². The van der Waals surface area contributed by atoms with Crippen LogP contribution in [0.1, 0.15) is 32.6 Å². The van der Waals surface area contributed by atoms with Crippen molar-refractivity contribution < 1.29 is 51.1 Å². The second-order valence-corrected chi connectivity index (χ2v) is 14.0. The number of aromatic nitrogens is 4. The van der Waals surface area contributed by atoms with Crippen LogP contribution in [0.25, 0.3) is 11.2 Å². The number of esters is 1. The van der Waals surface area contributed by atoms with Crippen LogP contribution in [-0.4, -0.2) is 98.2 Å². The van der Waals surface area contributed by atoms with Gasteiger partial charge in [-0.1, -0.05) is 32.0 Å². The molecule has 0 amide bonds. The lowest BCUT2D eigenvalue weighted by Gasteiger charge is -2.25. The molecule has 1 aliphatic heterocycles. The first kappa shape index (κ1) is 37.1. The van der Waals surface area contributed by atoms with Crippen LogP contribution in [-0.2, 0) is 38.7 Å². The van der Waals surface area contributed by atoms with E-state index in [-0.39, 0.29) is 28.0 Å². The first-order valence-electron chi connectivity index (χ1n) is 14.5. The number of carbonyl (C=O) groups is 1. The largest absolute Gasteiger partial charge is 0.481 e. The molecule has 0 aliphatic carbocycles. The zero-order valence-electron chi connectivity index (χ0n) is 25.9. The van der Waals surface area contributed by atoms with Crippen molar-refractivity contribution in [3.63, 3.8) is 0 Å². The first-order valence-corrected chi connectivity index (χ1v) is 17.9. The number of nitrogen functional groups attached to an aromatic ring is 1. The molecule has 5 N–H and O–H groups in total. The SMILES string of the molecule is CCN(CC)CCc1ccccc1OP(=O)(N[C@@H](C)C(=O)OC)OP(=O)(O)OC[C@H]1O[C@@H](n2cnc3c(N)nc(Cl)nc32)C(F)C1O. The number of ether oxygens (including phenoxy) is 2. The number of likely N-dealkylation sites (N-methyl/N-ethyl adjacent to an activating group) is 1. The van der Waals surface area contributed by atoms with E-state index in [0.29, 0.717) is 18.5 Å². The number of nitrogens with one attached hydrogen (secondary N) is 1. The van der Waals surface area contributed by atoms with Crippen LogP contribution < -0.4 is 15.3 Å². The maximum atomic E-state index is 15.2. The van der Waals surface area contributed by atoms with E-state index in [2.05, 4.69) is 29.7 Å². The summed E-state index contributed by atoms with van der Waals surface area (Å²) in [4.78, 5) is 36.7. The summed E-state index contributed by atoms with van der Waals surface area (Å²) in [5, 5.41) is 12.6. The van der Waals surface area contributed by atoms with E-state index in [1.54, 1.807) is 18.2 Å². The quantitative estimate of drug-likeness (QED) is 0.0947. The van der Waals surface area contributed by atoms with Crippen molar-refractivity contribution in [2.75, 3.05) is 39.1 Å². The number of carbonyl (C=O) groups excluding carboxylic acids is 1. The molecule has 1 saturated heterocycles. The molecule has 21 heteroatoms. The lowest BCUT2D eigenvalue weighted by atomic mass is 10.1. The molecule has 3 heterocycles. The second kappa shape index (κ2) is 15.6. The number of para-hydroxylation sites is 1. The minimum Gasteiger partial charge on any atom is -0.468 e. The summed E-state index contributed by atoms with van der Waals surface area (Å²) < 4.78 is 69.4. The number of halogens is 2. The number of phosphoric ester groups is 1. The lowest BCUT2D eigenvalue weighted by molar-refractivity contribution is -0.142. The summed E-state index contributed by atoms with van der Waals surface area (Å²) in [6.07, 6.45) is -5.35. The molecule has 17 nitrogen and oxygen atoms in total. The number of aliphatic hydroxyl groups is 1. The van der Waals surface area contributed by atoms with Gasteiger partial charge in [0.1, 0.15) is 29.5 Å². The predicted octanol–water partition coefficient (Wildman–Crippen LogP) is 3.01. The van der Waals surface area contributed by atoms with Crippen LogP contribution >= 0.6 is 27.2 Å². The number of hydrogen-bond donors (Lipinski definition) is 4. The summed E-state index contributed by atoms with van der Waals surface area (Å²) in [6.45, 7) is 6.62. The van der Waals surface area contributed by atoms with Gasteiger partial charge in [-0.2, -0.15) is 19.4 Å². The minimum absolute atomic E-state index is 0.0151. The van der Waals surface area contributed by atoms with Crippen LogP contribution in [0.3, 0.4) is 0 Å². The van der Waals surface area contributed by atoms with Gasteiger partial charge < -0.3 is 34.6 Å². The number of phosphoric acid groups is 1. The molecule has 260 valence electrons. The lowest BCUT2D eigenvalue weighted by Crippen LogP contribution is -2.34. The van der Waals surface area contributed by atoms with Crippen LogP contribution in [0, 0.1) is 0 Å². The molecule has 7 atom stereocenters. The van der Waals surface area contributed by atoms with E-state index in [0.717, 1.165) is 31.1 Å². The smallest absolute Gasteiger partial charge is 0.468 e. The molecule has 1 fully saturated rings. The van der Waals surface area contributed by atoms with Crippen LogP contribution in [0.5, 0.6) is 5.75 Å². The Balaban J connectivity index is 1.51. The highest BCUT2D eigenvalue weighted by molar-refractivity contribution is 7.63. The van der Waals surface area contributed by atoms with E-state index < -0.39 is 58.8 Å². The van der Waals surface area contributed by atoms with Gasteiger partial charge in [0.05, 0.1) is 20.0 Å². The van der Waals surface area contributed by atoms with Crippen LogP contribution in [0.4, 0.5) is 10.2 Å². The summed E-state index contributed by atoms with van der Waals surface area (Å²) in [6, 6.07) is 5.22. The average Bonchev–Trinajstić information content (AvgIpc) is 3.56. The molecule has 47 heavy (non-hydrogen) atoms. The summed E-state index contributed by atoms with van der Waals surface area (Å²) in [5.41, 5.74) is 6.52. The van der Waals surface area contributed by atoms with Crippen LogP contribution in [0.15, 0.2) is 30.6 Å². The van der Waals surface area contributed by atoms with Crippen molar-refractivity contribution >= 4 is 50.1 Å². The number of alkyl halides is 1. The fraction of sp³-hybridized carbons (Fsp3) is 0.538. The number of aliphatic hydroxyl groups excluding tert-OH is 1. The molecular weight excluding hydrogens is 687 g/mol. The van der Waals surface area contributed by atoms with Gasteiger partial charge in [-0.25, -0.2) is 18.5 Å². The summed E-state index contributed by atoms with van der Waals surface area (Å²) in [7, 11) is -9.12. The van der Waals surface area contributed by atoms with Gasteiger partial charge in [0.15, 0.2) is 23.9 Å². The maximum absolute atomic E-state index is 15.2. The van der Waals surface area contributed by atoms with E-state index in [9.17, 15) is 23.9 Å². The number of anilines is 1. The number of fused-ring (bicyclic) bond motifs is 1. The van der Waals surface area contributed by atoms with Gasteiger partial charge in [0.2, 0.25) is 5.28 Å². The Hall–Kier alpha value is -2.76. The number of rotatable bonds is 16. The maximum Gasteiger partial charge on any atom is 0.481 e. The fourth-order valence-electron chi connectivity index (χ4n) is 4.77. The molecule has 0 saturated carbocycles. The van der Waals surface area contributed by atoms with E-state index in [1.807, 2.05) is 13.8 Å². The van der Waals surface area contributed by atoms with Crippen molar-refractivity contribution in [2.24, 2.45) is 0 Å². The van der Waals surface area contributed by atoms with Gasteiger partial charge in [-0.15, -0.1) is 0 Å². The van der Waals surface area contributed by atoms with Gasteiger partial charge in [-0.3, -0.25) is 13.9 Å². The van der Waals surface area contributed by atoms with Gasteiger partial charge >= 0.3 is 21.5 Å². The molecule has 0 spiro atoms. The van der Waals surface area contributed by atoms with Crippen molar-refractivity contribution in [1.82, 2.24) is 29.5 Å². The standard InChI is InChI=1S/C26H37ClFN7O10P2/c1-5-34(6-2)12-11-16-9-7-8-10-17(16)44-46(38,33-15(3)25(37)41-4)45-47(39,40)42-13-18-21(36)19(28)24(43-18)35-14-30-20-22(29)31-26(27)32-23(20)35/h7-10,14-15,18-19,21,24,36H,5-6,11-13H2,1-4H3,(H,33,38)(H,39,40)(H2,29,31,32)/t15-,18+,19?,21?,24+,46?/m0/s1. The fourth-order valence-corrected chi connectivity index (χ4v) is 7.94. The molecule has 1 aliphatic rings. The minimum atomic E-state index is -5.33. The zero-order chi connectivity index (χ0) is 34.5. The Morgan fingerprint density at radius 3 is 2.66 bits per heavy atom. The van der Waals surface area contributed by atoms with E-state index in [1.165, 1.54) is 13.0 Å². The molecule has 2 aromatic heterocycles. The molecular formula is C26H37ClFN7O10P2. The Labute approximate surface area is 274 Å². The van der Waals surface area contributed by atoms with Crippen molar-refractivity contribution in [3.8, 4) is 5.75 Å². The summed E-state index contributed by atoms with van der Waals surface area (Å²) >= 11 is 5.88. The third kappa shape index (κ3) is 9.03. The highest BCUT2D eigenvalue weighted by Crippen LogP contribution is 2.61. The Morgan fingerprint density at radius 2 is 1.98 bits per heavy atom. The molecule has 3 aromatic rings. The topological polar surface area (TPSA) is 223 Å². The van der Waals surface area contributed by atoms with Gasteiger partial charge in [0, 0.05) is 6.54 Å². The zero-order valence-corrected chi connectivity index (χ0v) is 28.5. The monoisotopic (exact) mass is 723 g/mol. The third-order valence-electron chi connectivity index (χ3n) is 7.29. The Bertz CT molecular complexity index is 1650. The molecule has 4 rings (SSSR count). The highest BCUT2D eigenvalue weighted by Gasteiger charge is 2.48. The molecule has 0 bridgehead atoms. The number of nitrogens with two attached hydrogens (primary N) is 1. The molecule has 1 aromatic carbocycles. The Kier molecular flexibility index (Phi) is 12.3. The van der Waals surface area contributed by atoms with Crippen LogP contribution in [0.2, 0.25) is 5.28 Å².